The fourth-order valence-electron chi connectivity index (χ4n) is 2.76. The number of benzene rings is 2. The lowest BCUT2D eigenvalue weighted by molar-refractivity contribution is 1.40. The molecule has 0 atom stereocenters. The minimum absolute atomic E-state index is 1.03. The van der Waals surface area contributed by atoms with Crippen molar-refractivity contribution in [2.75, 3.05) is 0 Å². The van der Waals surface area contributed by atoms with Crippen LogP contribution in [0.2, 0.25) is 0 Å². The van der Waals surface area contributed by atoms with Gasteiger partial charge in [-0.1, -0.05) is 36.4 Å². The molecule has 0 aliphatic rings. The molecule has 1 N–H and O–H groups in total. The van der Waals surface area contributed by atoms with Crippen LogP contribution in [0.3, 0.4) is 0 Å². The standard InChI is InChI=1S/C18H14N2/c1-12-5-4-7-15-16(11-20-18(12)15)14-9-13-6-2-3-8-17(13)19-10-14/h2-11,20H,1H3. The number of pyridine rings is 1. The second-order valence-electron chi connectivity index (χ2n) is 5.12. The number of aromatic amines is 1. The van der Waals surface area contributed by atoms with E-state index >= 15 is 0 Å². The minimum Gasteiger partial charge on any atom is -0.360 e. The van der Waals surface area contributed by atoms with E-state index in [-0.39, 0.29) is 0 Å². The molecule has 0 unspecified atom stereocenters. The number of rotatable bonds is 1. The van der Waals surface area contributed by atoms with Gasteiger partial charge < -0.3 is 4.98 Å². The SMILES string of the molecule is Cc1cccc2c(-c3cnc4ccccc4c3)c[nH]c12. The number of hydrogen-bond acceptors (Lipinski definition) is 1. The van der Waals surface area contributed by atoms with Crippen molar-refractivity contribution in [3.05, 3.63) is 66.5 Å². The van der Waals surface area contributed by atoms with Gasteiger partial charge in [0.2, 0.25) is 0 Å². The molecular formula is C18H14N2. The van der Waals surface area contributed by atoms with Crippen LogP contribution in [-0.4, -0.2) is 9.97 Å². The average Bonchev–Trinajstić information content (AvgIpc) is 2.92. The maximum atomic E-state index is 4.55. The van der Waals surface area contributed by atoms with Crippen LogP contribution < -0.4 is 0 Å². The van der Waals surface area contributed by atoms with Crippen molar-refractivity contribution in [2.45, 2.75) is 6.92 Å². The Kier molecular flexibility index (Phi) is 2.36. The molecule has 2 heteroatoms. The summed E-state index contributed by atoms with van der Waals surface area (Å²) >= 11 is 0. The highest BCUT2D eigenvalue weighted by atomic mass is 14.7. The van der Waals surface area contributed by atoms with Crippen LogP contribution >= 0.6 is 0 Å². The van der Waals surface area contributed by atoms with Gasteiger partial charge in [-0.25, -0.2) is 0 Å². The van der Waals surface area contributed by atoms with Crippen molar-refractivity contribution in [1.29, 1.82) is 0 Å². The molecule has 2 heterocycles. The van der Waals surface area contributed by atoms with E-state index in [9.17, 15) is 0 Å². The first-order valence-corrected chi connectivity index (χ1v) is 6.75. The van der Waals surface area contributed by atoms with E-state index in [1.807, 2.05) is 24.4 Å². The van der Waals surface area contributed by atoms with Crippen LogP contribution in [0.5, 0.6) is 0 Å². The summed E-state index contributed by atoms with van der Waals surface area (Å²) in [5.41, 5.74) is 5.87. The minimum atomic E-state index is 1.03. The zero-order chi connectivity index (χ0) is 13.5. The molecule has 2 aromatic carbocycles. The van der Waals surface area contributed by atoms with Crippen molar-refractivity contribution in [2.24, 2.45) is 0 Å². The Labute approximate surface area is 117 Å². The van der Waals surface area contributed by atoms with Gasteiger partial charge in [0.25, 0.3) is 0 Å². The molecule has 4 aromatic rings. The van der Waals surface area contributed by atoms with E-state index in [1.54, 1.807) is 0 Å². The largest absolute Gasteiger partial charge is 0.360 e. The second-order valence-corrected chi connectivity index (χ2v) is 5.12. The number of hydrogen-bond donors (Lipinski definition) is 1. The fourth-order valence-corrected chi connectivity index (χ4v) is 2.76. The summed E-state index contributed by atoms with van der Waals surface area (Å²) in [7, 11) is 0. The number of nitrogens with one attached hydrogen (secondary N) is 1. The first-order valence-electron chi connectivity index (χ1n) is 6.75. The highest BCUT2D eigenvalue weighted by molar-refractivity contribution is 5.98. The van der Waals surface area contributed by atoms with Crippen LogP contribution in [0.4, 0.5) is 0 Å². The normalized spacial score (nSPS) is 11.2. The van der Waals surface area contributed by atoms with Crippen molar-refractivity contribution >= 4 is 21.8 Å². The summed E-state index contributed by atoms with van der Waals surface area (Å²) in [5.74, 6) is 0. The topological polar surface area (TPSA) is 28.7 Å². The van der Waals surface area contributed by atoms with Gasteiger partial charge in [0.15, 0.2) is 0 Å². The van der Waals surface area contributed by atoms with E-state index in [0.717, 1.165) is 11.1 Å². The molecule has 2 aromatic heterocycles. The molecule has 0 saturated heterocycles. The maximum absolute atomic E-state index is 4.55. The van der Waals surface area contributed by atoms with E-state index in [0.29, 0.717) is 0 Å². The summed E-state index contributed by atoms with van der Waals surface area (Å²) in [5, 5.41) is 2.43. The van der Waals surface area contributed by atoms with E-state index in [4.69, 9.17) is 0 Å². The lowest BCUT2D eigenvalue weighted by Crippen LogP contribution is -1.82. The van der Waals surface area contributed by atoms with Gasteiger partial charge in [-0.05, 0) is 24.6 Å². The smallest absolute Gasteiger partial charge is 0.0702 e. The van der Waals surface area contributed by atoms with Gasteiger partial charge in [0.1, 0.15) is 0 Å². The first-order chi connectivity index (χ1) is 9.83. The molecule has 0 spiro atoms. The Morgan fingerprint density at radius 1 is 1.00 bits per heavy atom. The van der Waals surface area contributed by atoms with Crippen LogP contribution in [-0.2, 0) is 0 Å². The lowest BCUT2D eigenvalue weighted by atomic mass is 10.0. The van der Waals surface area contributed by atoms with Gasteiger partial charge in [0, 0.05) is 39.8 Å². The molecule has 0 fully saturated rings. The van der Waals surface area contributed by atoms with Gasteiger partial charge in [0.05, 0.1) is 5.52 Å². The van der Waals surface area contributed by atoms with Crippen molar-refractivity contribution in [3.8, 4) is 11.1 Å². The van der Waals surface area contributed by atoms with E-state index in [1.165, 1.54) is 27.4 Å². The summed E-state index contributed by atoms with van der Waals surface area (Å²) in [6.07, 6.45) is 4.02. The van der Waals surface area contributed by atoms with E-state index < -0.39 is 0 Å². The van der Waals surface area contributed by atoms with Crippen LogP contribution in [0.1, 0.15) is 5.56 Å². The van der Waals surface area contributed by atoms with Crippen LogP contribution in [0, 0.1) is 6.92 Å². The molecule has 0 saturated carbocycles. The molecule has 2 nitrogen and oxygen atoms in total. The van der Waals surface area contributed by atoms with Gasteiger partial charge >= 0.3 is 0 Å². The average molecular weight is 258 g/mol. The highest BCUT2D eigenvalue weighted by Gasteiger charge is 2.08. The van der Waals surface area contributed by atoms with E-state index in [2.05, 4.69) is 53.4 Å². The third-order valence-electron chi connectivity index (χ3n) is 3.83. The van der Waals surface area contributed by atoms with Crippen molar-refractivity contribution in [1.82, 2.24) is 9.97 Å². The molecule has 0 aliphatic heterocycles. The lowest BCUT2D eigenvalue weighted by Gasteiger charge is -2.02. The third kappa shape index (κ3) is 1.62. The zero-order valence-corrected chi connectivity index (χ0v) is 11.2. The molecule has 0 radical (unpaired) electrons. The number of H-pyrrole nitrogens is 1. The van der Waals surface area contributed by atoms with Crippen molar-refractivity contribution in [3.63, 3.8) is 0 Å². The summed E-state index contributed by atoms with van der Waals surface area (Å²) in [6.45, 7) is 2.13. The second kappa shape index (κ2) is 4.20. The molecule has 4 rings (SSSR count). The number of aryl methyl sites for hydroxylation is 1. The Morgan fingerprint density at radius 3 is 2.85 bits per heavy atom. The first kappa shape index (κ1) is 11.2. The monoisotopic (exact) mass is 258 g/mol. The maximum Gasteiger partial charge on any atom is 0.0702 e. The van der Waals surface area contributed by atoms with Gasteiger partial charge in [-0.3, -0.25) is 4.98 Å². The Balaban J connectivity index is 1.99. The zero-order valence-electron chi connectivity index (χ0n) is 11.2. The van der Waals surface area contributed by atoms with Crippen LogP contribution in [0.25, 0.3) is 32.9 Å². The summed E-state index contributed by atoms with van der Waals surface area (Å²) in [4.78, 5) is 7.93. The van der Waals surface area contributed by atoms with Crippen molar-refractivity contribution < 1.29 is 0 Å². The highest BCUT2D eigenvalue weighted by Crippen LogP contribution is 2.31. The summed E-state index contributed by atoms with van der Waals surface area (Å²) in [6, 6.07) is 16.8. The van der Waals surface area contributed by atoms with Gasteiger partial charge in [-0.15, -0.1) is 0 Å². The molecule has 0 aliphatic carbocycles. The number of fused-ring (bicyclic) bond motifs is 2. The third-order valence-corrected chi connectivity index (χ3v) is 3.83. The molecule has 0 bridgehead atoms. The fraction of sp³-hybridized carbons (Fsp3) is 0.0556. The van der Waals surface area contributed by atoms with Gasteiger partial charge in [-0.2, -0.15) is 0 Å². The number of para-hydroxylation sites is 2. The number of nitrogens with zero attached hydrogens (tertiary/aromatic N) is 1. The Hall–Kier alpha value is -2.61. The molecule has 20 heavy (non-hydrogen) atoms. The predicted octanol–water partition coefficient (Wildman–Crippen LogP) is 4.69. The molecule has 0 amide bonds. The van der Waals surface area contributed by atoms with Crippen LogP contribution in [0.15, 0.2) is 60.9 Å². The predicted molar refractivity (Wildman–Crippen MR) is 83.8 cm³/mol. The Bertz CT molecular complexity index is 919. The molecular weight excluding hydrogens is 244 g/mol. The Morgan fingerprint density at radius 2 is 1.90 bits per heavy atom. The quantitative estimate of drug-likeness (QED) is 0.527. The number of aromatic nitrogens is 2. The summed E-state index contributed by atoms with van der Waals surface area (Å²) < 4.78 is 0. The molecule has 96 valence electrons.